The highest BCUT2D eigenvalue weighted by atomic mass is 79.9. The molecule has 0 saturated heterocycles. The van der Waals surface area contributed by atoms with Crippen molar-refractivity contribution in [3.8, 4) is 17.2 Å². The van der Waals surface area contributed by atoms with Gasteiger partial charge in [-0.2, -0.15) is 5.10 Å². The maximum absolute atomic E-state index is 12.2. The number of hydrazone groups is 1. The zero-order valence-corrected chi connectivity index (χ0v) is 22.4. The Balaban J connectivity index is 1.65. The number of rotatable bonds is 9. The van der Waals surface area contributed by atoms with Crippen LogP contribution in [0, 0.1) is 0 Å². The Hall–Kier alpha value is -3.27. The molecular weight excluding hydrogens is 573 g/mol. The molecule has 0 aliphatic heterocycles. The first-order valence-electron chi connectivity index (χ1n) is 10.6. The summed E-state index contributed by atoms with van der Waals surface area (Å²) in [7, 11) is 1.49. The van der Waals surface area contributed by atoms with Gasteiger partial charge in [0.25, 0.3) is 0 Å². The van der Waals surface area contributed by atoms with Crippen LogP contribution in [0.4, 0.5) is 5.69 Å². The van der Waals surface area contributed by atoms with E-state index in [0.29, 0.717) is 55.2 Å². The van der Waals surface area contributed by atoms with E-state index in [1.807, 2.05) is 6.92 Å². The van der Waals surface area contributed by atoms with Crippen molar-refractivity contribution in [2.75, 3.05) is 19.0 Å². The molecular formula is C25H22BrCl2N3O5. The molecule has 0 unspecified atom stereocenters. The molecule has 36 heavy (non-hydrogen) atoms. The lowest BCUT2D eigenvalue weighted by molar-refractivity contribution is -0.136. The smallest absolute Gasteiger partial charge is 0.329 e. The van der Waals surface area contributed by atoms with E-state index in [0.717, 1.165) is 0 Å². The number of carbonyl (C=O) groups is 2. The number of para-hydroxylation sites is 2. The van der Waals surface area contributed by atoms with Gasteiger partial charge in [-0.3, -0.25) is 9.59 Å². The first-order chi connectivity index (χ1) is 17.3. The molecule has 0 aliphatic carbocycles. The van der Waals surface area contributed by atoms with Crippen molar-refractivity contribution in [1.82, 2.24) is 5.43 Å². The van der Waals surface area contributed by atoms with E-state index < -0.39 is 11.8 Å². The fraction of sp³-hybridized carbons (Fsp3) is 0.160. The van der Waals surface area contributed by atoms with E-state index in [1.165, 1.54) is 13.3 Å². The molecule has 3 aromatic rings. The van der Waals surface area contributed by atoms with Crippen LogP contribution in [0.25, 0.3) is 0 Å². The third kappa shape index (κ3) is 7.13. The maximum Gasteiger partial charge on any atom is 0.329 e. The van der Waals surface area contributed by atoms with Crippen LogP contribution in [0.3, 0.4) is 0 Å². The Morgan fingerprint density at radius 3 is 2.42 bits per heavy atom. The number of carbonyl (C=O) groups excluding carboxylic acids is 2. The first-order valence-corrected chi connectivity index (χ1v) is 12.2. The largest absolute Gasteiger partial charge is 0.493 e. The number of hydrogen-bond acceptors (Lipinski definition) is 6. The van der Waals surface area contributed by atoms with Crippen LogP contribution in [0.5, 0.6) is 17.2 Å². The molecule has 8 nitrogen and oxygen atoms in total. The highest BCUT2D eigenvalue weighted by Gasteiger charge is 2.16. The van der Waals surface area contributed by atoms with Gasteiger partial charge < -0.3 is 19.5 Å². The summed E-state index contributed by atoms with van der Waals surface area (Å²) < 4.78 is 17.3. The Morgan fingerprint density at radius 2 is 1.72 bits per heavy atom. The number of amides is 2. The molecule has 0 radical (unpaired) electrons. The summed E-state index contributed by atoms with van der Waals surface area (Å²) in [6, 6.07) is 15.4. The van der Waals surface area contributed by atoms with Gasteiger partial charge in [0.15, 0.2) is 11.5 Å². The minimum Gasteiger partial charge on any atom is -0.493 e. The van der Waals surface area contributed by atoms with Gasteiger partial charge in [-0.05, 0) is 64.8 Å². The average Bonchev–Trinajstić information content (AvgIpc) is 2.85. The zero-order chi connectivity index (χ0) is 26.1. The Morgan fingerprint density at radius 1 is 1.00 bits per heavy atom. The standard InChI is InChI=1S/C25H22BrCl2N3O5/c1-3-35-21-10-5-4-9-20(21)30-24(32)25(33)31-29-13-15-11-17(26)23(22(12-15)34-2)36-14-16-18(27)7-6-8-19(16)28/h4-13H,3,14H2,1-2H3,(H,30,32)(H,31,33)/b29-13+. The lowest BCUT2D eigenvalue weighted by Crippen LogP contribution is -2.32. The average molecular weight is 595 g/mol. The lowest BCUT2D eigenvalue weighted by atomic mass is 10.2. The number of hydrogen-bond donors (Lipinski definition) is 2. The zero-order valence-electron chi connectivity index (χ0n) is 19.3. The molecule has 2 N–H and O–H groups in total. The van der Waals surface area contributed by atoms with E-state index in [-0.39, 0.29) is 6.61 Å². The number of ether oxygens (including phenoxy) is 3. The third-order valence-electron chi connectivity index (χ3n) is 4.70. The van der Waals surface area contributed by atoms with Crippen molar-refractivity contribution < 1.29 is 23.8 Å². The summed E-state index contributed by atoms with van der Waals surface area (Å²) in [5.74, 6) is -0.534. The van der Waals surface area contributed by atoms with E-state index in [1.54, 1.807) is 54.6 Å². The SMILES string of the molecule is CCOc1ccccc1NC(=O)C(=O)N/N=C/c1cc(Br)c(OCc2c(Cl)cccc2Cl)c(OC)c1. The predicted octanol–water partition coefficient (Wildman–Crippen LogP) is 5.83. The fourth-order valence-electron chi connectivity index (χ4n) is 3.02. The molecule has 0 fully saturated rings. The van der Waals surface area contributed by atoms with Gasteiger partial charge in [0, 0.05) is 15.6 Å². The monoisotopic (exact) mass is 593 g/mol. The highest BCUT2D eigenvalue weighted by molar-refractivity contribution is 9.10. The van der Waals surface area contributed by atoms with Crippen LogP contribution in [0.1, 0.15) is 18.1 Å². The Labute approximate surface area is 226 Å². The lowest BCUT2D eigenvalue weighted by Gasteiger charge is -2.14. The second-order valence-electron chi connectivity index (χ2n) is 7.11. The molecule has 0 aromatic heterocycles. The quantitative estimate of drug-likeness (QED) is 0.184. The van der Waals surface area contributed by atoms with E-state index in [4.69, 9.17) is 37.4 Å². The maximum atomic E-state index is 12.2. The van der Waals surface area contributed by atoms with Crippen LogP contribution in [0.15, 0.2) is 64.2 Å². The molecule has 2 amide bonds. The van der Waals surface area contributed by atoms with Gasteiger partial charge in [-0.25, -0.2) is 5.43 Å². The minimum atomic E-state index is -0.944. The molecule has 11 heteroatoms. The topological polar surface area (TPSA) is 98.2 Å². The van der Waals surface area contributed by atoms with Gasteiger partial charge in [0.2, 0.25) is 0 Å². The number of nitrogens with zero attached hydrogens (tertiary/aromatic N) is 1. The molecule has 3 aromatic carbocycles. The number of anilines is 1. The predicted molar refractivity (Wildman–Crippen MR) is 143 cm³/mol. The molecule has 188 valence electrons. The van der Waals surface area contributed by atoms with Crippen molar-refractivity contribution in [2.24, 2.45) is 5.10 Å². The van der Waals surface area contributed by atoms with Crippen LogP contribution < -0.4 is 25.0 Å². The molecule has 0 saturated carbocycles. The Kier molecular flexibility index (Phi) is 9.98. The normalized spacial score (nSPS) is 10.7. The molecule has 0 atom stereocenters. The van der Waals surface area contributed by atoms with Crippen LogP contribution in [-0.4, -0.2) is 31.7 Å². The summed E-state index contributed by atoms with van der Waals surface area (Å²) in [4.78, 5) is 24.4. The van der Waals surface area contributed by atoms with E-state index in [9.17, 15) is 9.59 Å². The van der Waals surface area contributed by atoms with Gasteiger partial charge in [-0.1, -0.05) is 41.4 Å². The fourth-order valence-corrected chi connectivity index (χ4v) is 4.10. The summed E-state index contributed by atoms with van der Waals surface area (Å²) in [6.07, 6.45) is 1.36. The van der Waals surface area contributed by atoms with Crippen molar-refractivity contribution in [3.05, 3.63) is 80.2 Å². The van der Waals surface area contributed by atoms with Crippen molar-refractivity contribution in [3.63, 3.8) is 0 Å². The summed E-state index contributed by atoms with van der Waals surface area (Å²) in [5.41, 5.74) is 3.79. The summed E-state index contributed by atoms with van der Waals surface area (Å²) in [5, 5.41) is 7.34. The van der Waals surface area contributed by atoms with Gasteiger partial charge in [0.05, 0.1) is 30.1 Å². The Bertz CT molecular complexity index is 1270. The van der Waals surface area contributed by atoms with E-state index >= 15 is 0 Å². The molecule has 0 bridgehead atoms. The van der Waals surface area contributed by atoms with Gasteiger partial charge in [-0.15, -0.1) is 0 Å². The van der Waals surface area contributed by atoms with Crippen molar-refractivity contribution >= 4 is 62.8 Å². The molecule has 0 aliphatic rings. The number of halogens is 3. The number of methoxy groups -OCH3 is 1. The van der Waals surface area contributed by atoms with Crippen molar-refractivity contribution in [2.45, 2.75) is 13.5 Å². The summed E-state index contributed by atoms with van der Waals surface area (Å²) >= 11 is 15.9. The molecule has 0 heterocycles. The van der Waals surface area contributed by atoms with Crippen molar-refractivity contribution in [1.29, 1.82) is 0 Å². The van der Waals surface area contributed by atoms with Crippen LogP contribution in [0.2, 0.25) is 10.0 Å². The number of nitrogens with one attached hydrogen (secondary N) is 2. The van der Waals surface area contributed by atoms with E-state index in [2.05, 4.69) is 31.8 Å². The first kappa shape index (κ1) is 27.3. The second kappa shape index (κ2) is 13.2. The molecule has 3 rings (SSSR count). The van der Waals surface area contributed by atoms with Gasteiger partial charge in [0.1, 0.15) is 12.4 Å². The molecule has 0 spiro atoms. The second-order valence-corrected chi connectivity index (χ2v) is 8.77. The van der Waals surface area contributed by atoms with Crippen LogP contribution in [-0.2, 0) is 16.2 Å². The third-order valence-corrected chi connectivity index (χ3v) is 5.99. The minimum absolute atomic E-state index is 0.124. The number of benzene rings is 3. The van der Waals surface area contributed by atoms with Gasteiger partial charge >= 0.3 is 11.8 Å². The summed E-state index contributed by atoms with van der Waals surface area (Å²) in [6.45, 7) is 2.36. The van der Waals surface area contributed by atoms with Crippen LogP contribution >= 0.6 is 39.1 Å². The highest BCUT2D eigenvalue weighted by Crippen LogP contribution is 2.37.